The third kappa shape index (κ3) is 7.15. The number of ether oxygens (including phenoxy) is 3. The van der Waals surface area contributed by atoms with Gasteiger partial charge in [0.05, 0.1) is 31.8 Å². The molecule has 1 saturated heterocycles. The smallest absolute Gasteiger partial charge is 0.232 e. The van der Waals surface area contributed by atoms with Crippen LogP contribution in [0.25, 0.3) is 0 Å². The van der Waals surface area contributed by atoms with E-state index in [0.29, 0.717) is 63.3 Å². The highest BCUT2D eigenvalue weighted by molar-refractivity contribution is 8.00. The fourth-order valence-corrected chi connectivity index (χ4v) is 4.72. The number of amides is 2. The second-order valence-corrected chi connectivity index (χ2v) is 9.26. The third-order valence-corrected chi connectivity index (χ3v) is 6.85. The van der Waals surface area contributed by atoms with E-state index in [4.69, 9.17) is 14.2 Å². The van der Waals surface area contributed by atoms with Gasteiger partial charge >= 0.3 is 0 Å². The Labute approximate surface area is 197 Å². The lowest BCUT2D eigenvalue weighted by Crippen LogP contribution is -2.41. The lowest BCUT2D eigenvalue weighted by molar-refractivity contribution is -0.132. The summed E-state index contributed by atoms with van der Waals surface area (Å²) in [7, 11) is 1.61. The average molecular weight is 479 g/mol. The van der Waals surface area contributed by atoms with Crippen LogP contribution < -0.4 is 9.47 Å². The van der Waals surface area contributed by atoms with Crippen LogP contribution in [0, 0.1) is 0 Å². The minimum absolute atomic E-state index is 0.0178. The molecular formula is C23H30N2O5S2. The van der Waals surface area contributed by atoms with Crippen molar-refractivity contribution in [3.8, 4) is 11.5 Å². The van der Waals surface area contributed by atoms with Gasteiger partial charge in [0.2, 0.25) is 11.8 Å². The SMILES string of the molecule is CCN(Cc1ccc(OCc2cccs2)c(OC)c1)C(=O)CSCC(=O)N1CCOCC1. The highest BCUT2D eigenvalue weighted by Crippen LogP contribution is 2.30. The maximum absolute atomic E-state index is 12.7. The Morgan fingerprint density at radius 2 is 2.00 bits per heavy atom. The first kappa shape index (κ1) is 24.4. The molecule has 0 spiro atoms. The second-order valence-electron chi connectivity index (χ2n) is 7.25. The van der Waals surface area contributed by atoms with Gasteiger partial charge in [-0.05, 0) is 36.1 Å². The number of morpholine rings is 1. The van der Waals surface area contributed by atoms with Crippen molar-refractivity contribution in [3.63, 3.8) is 0 Å². The number of thiophene rings is 1. The van der Waals surface area contributed by atoms with Crippen LogP contribution in [0.15, 0.2) is 35.7 Å². The summed E-state index contributed by atoms with van der Waals surface area (Å²) in [5.74, 6) is 2.00. The Balaban J connectivity index is 1.49. The molecule has 0 bridgehead atoms. The third-order valence-electron chi connectivity index (χ3n) is 5.10. The van der Waals surface area contributed by atoms with Crippen molar-refractivity contribution >= 4 is 34.9 Å². The van der Waals surface area contributed by atoms with Gasteiger partial charge in [-0.2, -0.15) is 0 Å². The predicted octanol–water partition coefficient (Wildman–Crippen LogP) is 3.28. The first-order chi connectivity index (χ1) is 15.6. The number of nitrogens with zero attached hydrogens (tertiary/aromatic N) is 2. The molecule has 1 aliphatic rings. The van der Waals surface area contributed by atoms with E-state index in [9.17, 15) is 9.59 Å². The maximum Gasteiger partial charge on any atom is 0.232 e. The molecule has 1 aromatic heterocycles. The summed E-state index contributed by atoms with van der Waals surface area (Å²) in [6.45, 7) is 5.95. The van der Waals surface area contributed by atoms with Crippen molar-refractivity contribution in [3.05, 3.63) is 46.2 Å². The summed E-state index contributed by atoms with van der Waals surface area (Å²) >= 11 is 3.01. The van der Waals surface area contributed by atoms with E-state index < -0.39 is 0 Å². The molecule has 7 nitrogen and oxygen atoms in total. The summed E-state index contributed by atoms with van der Waals surface area (Å²) in [6, 6.07) is 9.78. The summed E-state index contributed by atoms with van der Waals surface area (Å²) < 4.78 is 16.7. The predicted molar refractivity (Wildman–Crippen MR) is 127 cm³/mol. The van der Waals surface area contributed by atoms with Crippen molar-refractivity contribution in [1.29, 1.82) is 0 Å². The van der Waals surface area contributed by atoms with Crippen molar-refractivity contribution in [2.75, 3.05) is 51.5 Å². The highest BCUT2D eigenvalue weighted by Gasteiger charge is 2.19. The van der Waals surface area contributed by atoms with Crippen LogP contribution in [0.5, 0.6) is 11.5 Å². The molecule has 0 atom stereocenters. The first-order valence-electron chi connectivity index (χ1n) is 10.6. The molecule has 1 aliphatic heterocycles. The van der Waals surface area contributed by atoms with E-state index in [1.54, 1.807) is 28.2 Å². The Bertz CT molecular complexity index is 869. The second kappa shape index (κ2) is 12.7. The van der Waals surface area contributed by atoms with Crippen molar-refractivity contribution in [2.24, 2.45) is 0 Å². The number of carbonyl (C=O) groups excluding carboxylic acids is 2. The van der Waals surface area contributed by atoms with Crippen LogP contribution in [-0.4, -0.2) is 73.1 Å². The number of hydrogen-bond acceptors (Lipinski definition) is 7. The summed E-state index contributed by atoms with van der Waals surface area (Å²) in [6.07, 6.45) is 0. The van der Waals surface area contributed by atoms with Gasteiger partial charge < -0.3 is 24.0 Å². The summed E-state index contributed by atoms with van der Waals surface area (Å²) in [5.41, 5.74) is 0.968. The van der Waals surface area contributed by atoms with Crippen molar-refractivity contribution in [1.82, 2.24) is 9.80 Å². The van der Waals surface area contributed by atoms with Gasteiger partial charge in [0, 0.05) is 31.1 Å². The largest absolute Gasteiger partial charge is 0.493 e. The number of methoxy groups -OCH3 is 1. The molecule has 2 heterocycles. The normalized spacial score (nSPS) is 13.6. The van der Waals surface area contributed by atoms with Gasteiger partial charge in [0.15, 0.2) is 11.5 Å². The van der Waals surface area contributed by atoms with Gasteiger partial charge in [-0.3, -0.25) is 9.59 Å². The van der Waals surface area contributed by atoms with Gasteiger partial charge in [0.1, 0.15) is 6.61 Å². The zero-order valence-electron chi connectivity index (χ0n) is 18.6. The average Bonchev–Trinajstić information content (AvgIpc) is 3.35. The molecule has 0 N–H and O–H groups in total. The molecule has 1 fully saturated rings. The van der Waals surface area contributed by atoms with Gasteiger partial charge in [-0.15, -0.1) is 23.1 Å². The standard InChI is InChI=1S/C23H30N2O5S2/c1-3-24(22(26)16-31-17-23(27)25-8-10-29-11-9-25)14-18-6-7-20(21(13-18)28-2)30-15-19-5-4-12-32-19/h4-7,12-13H,3,8-11,14-17H2,1-2H3. The van der Waals surface area contributed by atoms with Gasteiger partial charge in [-0.25, -0.2) is 0 Å². The zero-order chi connectivity index (χ0) is 22.8. The van der Waals surface area contributed by atoms with Gasteiger partial charge in [-0.1, -0.05) is 12.1 Å². The van der Waals surface area contributed by atoms with E-state index in [1.807, 2.05) is 42.6 Å². The monoisotopic (exact) mass is 478 g/mol. The molecule has 9 heteroatoms. The lowest BCUT2D eigenvalue weighted by Gasteiger charge is -2.27. The highest BCUT2D eigenvalue weighted by atomic mass is 32.2. The molecule has 2 aromatic rings. The van der Waals surface area contributed by atoms with Crippen LogP contribution in [0.2, 0.25) is 0 Å². The zero-order valence-corrected chi connectivity index (χ0v) is 20.2. The number of thioether (sulfide) groups is 1. The Morgan fingerprint density at radius 1 is 1.19 bits per heavy atom. The van der Waals surface area contributed by atoms with E-state index in [1.165, 1.54) is 11.8 Å². The maximum atomic E-state index is 12.7. The van der Waals surface area contributed by atoms with Crippen LogP contribution in [0.3, 0.4) is 0 Å². The van der Waals surface area contributed by atoms with E-state index in [2.05, 4.69) is 0 Å². The lowest BCUT2D eigenvalue weighted by atomic mass is 10.2. The van der Waals surface area contributed by atoms with Crippen LogP contribution in [0.1, 0.15) is 17.4 Å². The molecule has 0 unspecified atom stereocenters. The summed E-state index contributed by atoms with van der Waals surface area (Å²) in [4.78, 5) is 29.7. The number of rotatable bonds is 11. The quantitative estimate of drug-likeness (QED) is 0.494. The first-order valence-corrected chi connectivity index (χ1v) is 12.7. The fourth-order valence-electron chi connectivity index (χ4n) is 3.29. The van der Waals surface area contributed by atoms with Gasteiger partial charge in [0.25, 0.3) is 0 Å². The molecule has 3 rings (SSSR count). The molecule has 2 amide bonds. The van der Waals surface area contributed by atoms with E-state index in [0.717, 1.165) is 10.4 Å². The molecule has 0 radical (unpaired) electrons. The Hall–Kier alpha value is -2.23. The topological polar surface area (TPSA) is 68.3 Å². The Kier molecular flexibility index (Phi) is 9.70. The Morgan fingerprint density at radius 3 is 2.69 bits per heavy atom. The van der Waals surface area contributed by atoms with Crippen LogP contribution in [-0.2, 0) is 27.5 Å². The fraction of sp³-hybridized carbons (Fsp3) is 0.478. The molecule has 1 aromatic carbocycles. The molecule has 0 aliphatic carbocycles. The van der Waals surface area contributed by atoms with E-state index in [-0.39, 0.29) is 17.6 Å². The molecular weight excluding hydrogens is 448 g/mol. The molecule has 174 valence electrons. The minimum atomic E-state index is 0.0178. The number of carbonyl (C=O) groups is 2. The number of hydrogen-bond donors (Lipinski definition) is 0. The molecule has 0 saturated carbocycles. The van der Waals surface area contributed by atoms with E-state index >= 15 is 0 Å². The van der Waals surface area contributed by atoms with Crippen LogP contribution >= 0.6 is 23.1 Å². The van der Waals surface area contributed by atoms with Crippen molar-refractivity contribution < 1.29 is 23.8 Å². The number of benzene rings is 1. The van der Waals surface area contributed by atoms with Crippen molar-refractivity contribution in [2.45, 2.75) is 20.1 Å². The summed E-state index contributed by atoms with van der Waals surface area (Å²) in [5, 5.41) is 2.02. The molecule has 32 heavy (non-hydrogen) atoms. The van der Waals surface area contributed by atoms with Crippen LogP contribution in [0.4, 0.5) is 0 Å². The minimum Gasteiger partial charge on any atom is -0.493 e.